The molecule has 0 aromatic heterocycles. The highest BCUT2D eigenvalue weighted by atomic mass is 16.4. The molecule has 2 rings (SSSR count). The van der Waals surface area contributed by atoms with Crippen LogP contribution in [0.3, 0.4) is 0 Å². The van der Waals surface area contributed by atoms with E-state index in [1.807, 2.05) is 30.3 Å². The molecule has 1 heterocycles. The molecule has 3 amide bonds. The Kier molecular flexibility index (Phi) is 6.60. The number of carbonyl (C=O) groups is 3. The lowest BCUT2D eigenvalue weighted by atomic mass is 9.96. The van der Waals surface area contributed by atoms with Crippen molar-refractivity contribution in [1.29, 1.82) is 0 Å². The largest absolute Gasteiger partial charge is 0.481 e. The number of nitrogens with one attached hydrogen (secondary N) is 2. The van der Waals surface area contributed by atoms with Crippen LogP contribution in [-0.2, 0) is 9.59 Å². The molecule has 1 aromatic carbocycles. The van der Waals surface area contributed by atoms with Crippen molar-refractivity contribution in [2.45, 2.75) is 25.7 Å². The van der Waals surface area contributed by atoms with Crippen LogP contribution >= 0.6 is 0 Å². The van der Waals surface area contributed by atoms with Gasteiger partial charge >= 0.3 is 12.0 Å². The average molecular weight is 333 g/mol. The normalized spacial score (nSPS) is 14.9. The van der Waals surface area contributed by atoms with Crippen LogP contribution in [0.25, 0.3) is 0 Å². The van der Waals surface area contributed by atoms with Crippen molar-refractivity contribution in [1.82, 2.24) is 10.2 Å². The van der Waals surface area contributed by atoms with E-state index in [-0.39, 0.29) is 24.3 Å². The molecule has 0 saturated carbocycles. The van der Waals surface area contributed by atoms with Gasteiger partial charge in [-0.15, -0.1) is 0 Å². The molecule has 0 spiro atoms. The van der Waals surface area contributed by atoms with Crippen LogP contribution in [0.1, 0.15) is 25.7 Å². The van der Waals surface area contributed by atoms with E-state index in [0.717, 1.165) is 5.69 Å². The second-order valence-corrected chi connectivity index (χ2v) is 5.85. The van der Waals surface area contributed by atoms with E-state index >= 15 is 0 Å². The molecule has 0 atom stereocenters. The van der Waals surface area contributed by atoms with E-state index in [4.69, 9.17) is 5.11 Å². The standard InChI is InChI=1S/C17H23N3O4/c21-15(22)7-4-10-18-17(24)20-11-8-13(9-12-20)16(23)19-14-5-2-1-3-6-14/h1-3,5-6,13H,4,7-12H2,(H,18,24)(H,19,23)(H,21,22). The van der Waals surface area contributed by atoms with Crippen LogP contribution in [0.2, 0.25) is 0 Å². The van der Waals surface area contributed by atoms with E-state index < -0.39 is 5.97 Å². The molecule has 24 heavy (non-hydrogen) atoms. The minimum atomic E-state index is -0.866. The van der Waals surface area contributed by atoms with Crippen molar-refractivity contribution in [3.05, 3.63) is 30.3 Å². The van der Waals surface area contributed by atoms with Crippen molar-refractivity contribution in [2.75, 3.05) is 25.0 Å². The van der Waals surface area contributed by atoms with Crippen LogP contribution in [0.4, 0.5) is 10.5 Å². The molecule has 3 N–H and O–H groups in total. The lowest BCUT2D eigenvalue weighted by Crippen LogP contribution is -2.46. The number of urea groups is 1. The Labute approximate surface area is 141 Å². The number of carbonyl (C=O) groups excluding carboxylic acids is 2. The summed E-state index contributed by atoms with van der Waals surface area (Å²) in [6.45, 7) is 1.40. The Morgan fingerprint density at radius 3 is 2.42 bits per heavy atom. The first kappa shape index (κ1) is 17.8. The van der Waals surface area contributed by atoms with Gasteiger partial charge in [-0.3, -0.25) is 9.59 Å². The van der Waals surface area contributed by atoms with Crippen LogP contribution in [-0.4, -0.2) is 47.5 Å². The number of rotatable bonds is 6. The third-order valence-electron chi connectivity index (χ3n) is 4.04. The van der Waals surface area contributed by atoms with Gasteiger partial charge in [-0.25, -0.2) is 4.79 Å². The van der Waals surface area contributed by atoms with Gasteiger partial charge in [0.2, 0.25) is 5.91 Å². The van der Waals surface area contributed by atoms with Gasteiger partial charge in [-0.2, -0.15) is 0 Å². The maximum Gasteiger partial charge on any atom is 0.317 e. The number of amides is 3. The molecule has 7 heteroatoms. The fourth-order valence-corrected chi connectivity index (χ4v) is 2.66. The summed E-state index contributed by atoms with van der Waals surface area (Å²) >= 11 is 0. The minimum absolute atomic E-state index is 0.0114. The number of anilines is 1. The molecule has 1 saturated heterocycles. The molecular formula is C17H23N3O4. The smallest absolute Gasteiger partial charge is 0.317 e. The molecule has 0 bridgehead atoms. The highest BCUT2D eigenvalue weighted by Crippen LogP contribution is 2.19. The molecule has 1 aliphatic rings. The highest BCUT2D eigenvalue weighted by molar-refractivity contribution is 5.92. The predicted octanol–water partition coefficient (Wildman–Crippen LogP) is 1.91. The molecular weight excluding hydrogens is 310 g/mol. The molecule has 130 valence electrons. The monoisotopic (exact) mass is 333 g/mol. The van der Waals surface area contributed by atoms with Crippen LogP contribution in [0, 0.1) is 5.92 Å². The zero-order valence-corrected chi connectivity index (χ0v) is 13.5. The Bertz CT molecular complexity index is 568. The summed E-state index contributed by atoms with van der Waals surface area (Å²) < 4.78 is 0. The first-order chi connectivity index (χ1) is 11.6. The SMILES string of the molecule is O=C(O)CCCNC(=O)N1CCC(C(=O)Nc2ccccc2)CC1. The fourth-order valence-electron chi connectivity index (χ4n) is 2.66. The van der Waals surface area contributed by atoms with Crippen LogP contribution in [0.15, 0.2) is 30.3 Å². The Balaban J connectivity index is 1.69. The van der Waals surface area contributed by atoms with Crippen molar-refractivity contribution < 1.29 is 19.5 Å². The third kappa shape index (κ3) is 5.57. The van der Waals surface area contributed by atoms with Gasteiger partial charge in [0.1, 0.15) is 0 Å². The van der Waals surface area contributed by atoms with Gasteiger partial charge in [0.05, 0.1) is 0 Å². The minimum Gasteiger partial charge on any atom is -0.481 e. The average Bonchev–Trinajstić information content (AvgIpc) is 2.59. The van der Waals surface area contributed by atoms with Crippen LogP contribution < -0.4 is 10.6 Å². The number of benzene rings is 1. The van der Waals surface area contributed by atoms with Gasteiger partial charge in [-0.05, 0) is 31.4 Å². The van der Waals surface area contributed by atoms with Crippen LogP contribution in [0.5, 0.6) is 0 Å². The molecule has 1 fully saturated rings. The van der Waals surface area contributed by atoms with E-state index in [0.29, 0.717) is 38.9 Å². The maximum absolute atomic E-state index is 12.2. The molecule has 0 unspecified atom stereocenters. The van der Waals surface area contributed by atoms with Crippen molar-refractivity contribution in [2.24, 2.45) is 5.92 Å². The number of nitrogens with zero attached hydrogens (tertiary/aromatic N) is 1. The first-order valence-corrected chi connectivity index (χ1v) is 8.17. The molecule has 1 aliphatic heterocycles. The zero-order valence-electron chi connectivity index (χ0n) is 13.5. The summed E-state index contributed by atoms with van der Waals surface area (Å²) in [6, 6.07) is 9.13. The summed E-state index contributed by atoms with van der Waals surface area (Å²) in [5, 5.41) is 14.2. The number of hydrogen-bond donors (Lipinski definition) is 3. The second kappa shape index (κ2) is 8.90. The number of hydrogen-bond acceptors (Lipinski definition) is 3. The second-order valence-electron chi connectivity index (χ2n) is 5.85. The van der Waals surface area contributed by atoms with E-state index in [1.54, 1.807) is 4.90 Å². The van der Waals surface area contributed by atoms with Gasteiger partial charge in [0, 0.05) is 37.7 Å². The third-order valence-corrected chi connectivity index (χ3v) is 4.04. The summed E-state index contributed by atoms with van der Waals surface area (Å²) in [6.07, 6.45) is 1.71. The molecule has 0 radical (unpaired) electrons. The summed E-state index contributed by atoms with van der Waals surface area (Å²) in [5.74, 6) is -0.974. The molecule has 0 aliphatic carbocycles. The number of para-hydroxylation sites is 1. The van der Waals surface area contributed by atoms with E-state index in [2.05, 4.69) is 10.6 Å². The summed E-state index contributed by atoms with van der Waals surface area (Å²) in [5.41, 5.74) is 0.779. The molecule has 1 aromatic rings. The summed E-state index contributed by atoms with van der Waals surface area (Å²) in [7, 11) is 0. The fraction of sp³-hybridized carbons (Fsp3) is 0.471. The Morgan fingerprint density at radius 2 is 1.79 bits per heavy atom. The number of aliphatic carboxylic acids is 1. The van der Waals surface area contributed by atoms with Gasteiger partial charge < -0.3 is 20.6 Å². The van der Waals surface area contributed by atoms with Gasteiger partial charge in [-0.1, -0.05) is 18.2 Å². The predicted molar refractivity (Wildman–Crippen MR) is 89.6 cm³/mol. The Hall–Kier alpha value is -2.57. The topological polar surface area (TPSA) is 98.7 Å². The lowest BCUT2D eigenvalue weighted by Gasteiger charge is -2.31. The number of likely N-dealkylation sites (tertiary alicyclic amines) is 1. The first-order valence-electron chi connectivity index (χ1n) is 8.17. The van der Waals surface area contributed by atoms with E-state index in [1.165, 1.54) is 0 Å². The van der Waals surface area contributed by atoms with Gasteiger partial charge in [0.15, 0.2) is 0 Å². The number of piperidine rings is 1. The lowest BCUT2D eigenvalue weighted by molar-refractivity contribution is -0.137. The highest BCUT2D eigenvalue weighted by Gasteiger charge is 2.27. The van der Waals surface area contributed by atoms with Crippen molar-refractivity contribution in [3.63, 3.8) is 0 Å². The Morgan fingerprint density at radius 1 is 1.12 bits per heavy atom. The van der Waals surface area contributed by atoms with Crippen molar-refractivity contribution >= 4 is 23.6 Å². The quantitative estimate of drug-likeness (QED) is 0.693. The zero-order chi connectivity index (χ0) is 17.4. The van der Waals surface area contributed by atoms with Crippen molar-refractivity contribution in [3.8, 4) is 0 Å². The maximum atomic E-state index is 12.2. The van der Waals surface area contributed by atoms with E-state index in [9.17, 15) is 14.4 Å². The molecule has 7 nitrogen and oxygen atoms in total. The summed E-state index contributed by atoms with van der Waals surface area (Å²) in [4.78, 5) is 36.3. The van der Waals surface area contributed by atoms with Gasteiger partial charge in [0.25, 0.3) is 0 Å². The number of carboxylic acids is 1. The number of carboxylic acid groups (broad SMARTS) is 1.